The third kappa shape index (κ3) is 4.23. The average molecular weight is 300 g/mol. The zero-order chi connectivity index (χ0) is 15.2. The van der Waals surface area contributed by atoms with Gasteiger partial charge in [0.1, 0.15) is 0 Å². The molecule has 106 valence electrons. The SMILES string of the molecule is CC(=O)Nc1ccc(NCc2cccc(C#N)c2)cc1Cl. The van der Waals surface area contributed by atoms with Crippen molar-refractivity contribution >= 4 is 28.9 Å². The fourth-order valence-electron chi connectivity index (χ4n) is 1.87. The molecular formula is C16H14ClN3O. The Morgan fingerprint density at radius 2 is 2.10 bits per heavy atom. The smallest absolute Gasteiger partial charge is 0.221 e. The molecule has 2 aromatic carbocycles. The summed E-state index contributed by atoms with van der Waals surface area (Å²) in [7, 11) is 0. The van der Waals surface area contributed by atoms with E-state index in [1.807, 2.05) is 24.3 Å². The number of hydrogen-bond acceptors (Lipinski definition) is 3. The number of rotatable bonds is 4. The Kier molecular flexibility index (Phi) is 4.81. The second kappa shape index (κ2) is 6.78. The second-order valence-corrected chi connectivity index (χ2v) is 4.95. The van der Waals surface area contributed by atoms with E-state index in [-0.39, 0.29) is 5.91 Å². The maximum absolute atomic E-state index is 11.0. The molecule has 2 N–H and O–H groups in total. The highest BCUT2D eigenvalue weighted by Crippen LogP contribution is 2.25. The Morgan fingerprint density at radius 3 is 2.76 bits per heavy atom. The van der Waals surface area contributed by atoms with E-state index < -0.39 is 0 Å². The molecule has 0 atom stereocenters. The summed E-state index contributed by atoms with van der Waals surface area (Å²) in [6, 6.07) is 14.8. The molecule has 0 fully saturated rings. The summed E-state index contributed by atoms with van der Waals surface area (Å²) < 4.78 is 0. The van der Waals surface area contributed by atoms with Crippen molar-refractivity contribution in [3.8, 4) is 6.07 Å². The van der Waals surface area contributed by atoms with Crippen LogP contribution >= 0.6 is 11.6 Å². The molecule has 0 radical (unpaired) electrons. The highest BCUT2D eigenvalue weighted by Gasteiger charge is 2.03. The lowest BCUT2D eigenvalue weighted by Crippen LogP contribution is -2.06. The molecule has 2 aromatic rings. The van der Waals surface area contributed by atoms with Crippen molar-refractivity contribution < 1.29 is 4.79 Å². The number of nitrogens with zero attached hydrogens (tertiary/aromatic N) is 1. The van der Waals surface area contributed by atoms with Gasteiger partial charge in [0.25, 0.3) is 0 Å². The molecule has 0 saturated heterocycles. The van der Waals surface area contributed by atoms with E-state index in [2.05, 4.69) is 16.7 Å². The van der Waals surface area contributed by atoms with Crippen LogP contribution in [0.2, 0.25) is 5.02 Å². The number of anilines is 2. The van der Waals surface area contributed by atoms with Crippen LogP contribution in [0.5, 0.6) is 0 Å². The summed E-state index contributed by atoms with van der Waals surface area (Å²) in [5.74, 6) is -0.161. The largest absolute Gasteiger partial charge is 0.381 e. The van der Waals surface area contributed by atoms with Crippen LogP contribution in [-0.2, 0) is 11.3 Å². The van der Waals surface area contributed by atoms with E-state index in [0.29, 0.717) is 22.8 Å². The van der Waals surface area contributed by atoms with E-state index >= 15 is 0 Å². The van der Waals surface area contributed by atoms with Gasteiger partial charge in [-0.15, -0.1) is 0 Å². The molecule has 0 spiro atoms. The van der Waals surface area contributed by atoms with Gasteiger partial charge in [0.15, 0.2) is 0 Å². The standard InChI is InChI=1S/C16H14ClN3O/c1-11(21)20-16-6-5-14(8-15(16)17)19-10-13-4-2-3-12(7-13)9-18/h2-8,19H,10H2,1H3,(H,20,21). The van der Waals surface area contributed by atoms with Crippen LogP contribution in [0.25, 0.3) is 0 Å². The summed E-state index contributed by atoms with van der Waals surface area (Å²) in [6.45, 7) is 2.02. The Bertz CT molecular complexity index is 707. The zero-order valence-corrected chi connectivity index (χ0v) is 12.2. The minimum Gasteiger partial charge on any atom is -0.381 e. The lowest BCUT2D eigenvalue weighted by Gasteiger charge is -2.10. The minimum atomic E-state index is -0.161. The Morgan fingerprint density at radius 1 is 1.29 bits per heavy atom. The third-order valence-corrected chi connectivity index (χ3v) is 3.15. The van der Waals surface area contributed by atoms with Crippen molar-refractivity contribution in [3.05, 3.63) is 58.6 Å². The van der Waals surface area contributed by atoms with E-state index in [4.69, 9.17) is 16.9 Å². The van der Waals surface area contributed by atoms with Gasteiger partial charge in [-0.2, -0.15) is 5.26 Å². The Labute approximate surface area is 128 Å². The molecule has 0 aliphatic rings. The first-order chi connectivity index (χ1) is 10.1. The van der Waals surface area contributed by atoms with E-state index in [9.17, 15) is 4.79 Å². The van der Waals surface area contributed by atoms with E-state index in [1.54, 1.807) is 18.2 Å². The van der Waals surface area contributed by atoms with Crippen LogP contribution in [0.1, 0.15) is 18.1 Å². The number of nitrogens with one attached hydrogen (secondary N) is 2. The molecule has 4 nitrogen and oxygen atoms in total. The van der Waals surface area contributed by atoms with Crippen molar-refractivity contribution in [3.63, 3.8) is 0 Å². The summed E-state index contributed by atoms with van der Waals surface area (Å²) >= 11 is 6.11. The van der Waals surface area contributed by atoms with Gasteiger partial charge in [-0.1, -0.05) is 23.7 Å². The van der Waals surface area contributed by atoms with Crippen LogP contribution < -0.4 is 10.6 Å². The Balaban J connectivity index is 2.05. The molecule has 1 amide bonds. The Hall–Kier alpha value is -2.51. The maximum Gasteiger partial charge on any atom is 0.221 e. The van der Waals surface area contributed by atoms with Gasteiger partial charge in [-0.25, -0.2) is 0 Å². The van der Waals surface area contributed by atoms with Gasteiger partial charge >= 0.3 is 0 Å². The fourth-order valence-corrected chi connectivity index (χ4v) is 2.10. The predicted molar refractivity (Wildman–Crippen MR) is 84.2 cm³/mol. The number of benzene rings is 2. The number of carbonyl (C=O) groups excluding carboxylic acids is 1. The third-order valence-electron chi connectivity index (χ3n) is 2.83. The van der Waals surface area contributed by atoms with Gasteiger partial charge in [0.2, 0.25) is 5.91 Å². The highest BCUT2D eigenvalue weighted by atomic mass is 35.5. The van der Waals surface area contributed by atoms with Gasteiger partial charge in [0.05, 0.1) is 22.3 Å². The molecule has 5 heteroatoms. The first kappa shape index (κ1) is 14.9. The van der Waals surface area contributed by atoms with Crippen molar-refractivity contribution in [2.75, 3.05) is 10.6 Å². The molecule has 0 heterocycles. The topological polar surface area (TPSA) is 64.9 Å². The molecule has 0 bridgehead atoms. The summed E-state index contributed by atoms with van der Waals surface area (Å²) in [6.07, 6.45) is 0. The van der Waals surface area contributed by atoms with Gasteiger partial charge in [0, 0.05) is 19.2 Å². The molecule has 0 aliphatic carbocycles. The van der Waals surface area contributed by atoms with Crippen LogP contribution in [0.3, 0.4) is 0 Å². The number of hydrogen-bond donors (Lipinski definition) is 2. The lowest BCUT2D eigenvalue weighted by atomic mass is 10.1. The van der Waals surface area contributed by atoms with E-state index in [0.717, 1.165) is 11.3 Å². The monoisotopic (exact) mass is 299 g/mol. The van der Waals surface area contributed by atoms with Gasteiger partial charge in [-0.3, -0.25) is 4.79 Å². The fraction of sp³-hybridized carbons (Fsp3) is 0.125. The minimum absolute atomic E-state index is 0.161. The molecule has 2 rings (SSSR count). The maximum atomic E-state index is 11.0. The first-order valence-corrected chi connectivity index (χ1v) is 6.76. The predicted octanol–water partition coefficient (Wildman–Crippen LogP) is 3.78. The van der Waals surface area contributed by atoms with E-state index in [1.165, 1.54) is 6.92 Å². The molecule has 0 aliphatic heterocycles. The van der Waals surface area contributed by atoms with Crippen LogP contribution in [0, 0.1) is 11.3 Å². The average Bonchev–Trinajstić information content (AvgIpc) is 2.47. The molecule has 21 heavy (non-hydrogen) atoms. The molecule has 0 unspecified atom stereocenters. The molecule has 0 saturated carbocycles. The number of nitriles is 1. The summed E-state index contributed by atoms with van der Waals surface area (Å²) in [5, 5.41) is 15.2. The van der Waals surface area contributed by atoms with Crippen molar-refractivity contribution in [2.45, 2.75) is 13.5 Å². The zero-order valence-electron chi connectivity index (χ0n) is 11.5. The normalized spacial score (nSPS) is 9.76. The quantitative estimate of drug-likeness (QED) is 0.903. The van der Waals surface area contributed by atoms with Crippen LogP contribution in [0.15, 0.2) is 42.5 Å². The van der Waals surface area contributed by atoms with Crippen LogP contribution in [-0.4, -0.2) is 5.91 Å². The van der Waals surface area contributed by atoms with Gasteiger partial charge < -0.3 is 10.6 Å². The molecule has 0 aromatic heterocycles. The number of amides is 1. The van der Waals surface area contributed by atoms with Crippen LogP contribution in [0.4, 0.5) is 11.4 Å². The van der Waals surface area contributed by atoms with Crippen molar-refractivity contribution in [1.29, 1.82) is 5.26 Å². The number of halogens is 1. The lowest BCUT2D eigenvalue weighted by molar-refractivity contribution is -0.114. The highest BCUT2D eigenvalue weighted by molar-refractivity contribution is 6.34. The second-order valence-electron chi connectivity index (χ2n) is 4.54. The van der Waals surface area contributed by atoms with Gasteiger partial charge in [-0.05, 0) is 35.9 Å². The summed E-state index contributed by atoms with van der Waals surface area (Å²) in [5.41, 5.74) is 3.07. The molecular weight excluding hydrogens is 286 g/mol. The van der Waals surface area contributed by atoms with Crippen molar-refractivity contribution in [2.24, 2.45) is 0 Å². The van der Waals surface area contributed by atoms with Crippen molar-refractivity contribution in [1.82, 2.24) is 0 Å². The summed E-state index contributed by atoms with van der Waals surface area (Å²) in [4.78, 5) is 11.0. The first-order valence-electron chi connectivity index (χ1n) is 6.38. The number of carbonyl (C=O) groups is 1.